The fourth-order valence-corrected chi connectivity index (χ4v) is 5.11. The van der Waals surface area contributed by atoms with Gasteiger partial charge in [0.15, 0.2) is 8.32 Å². The minimum atomic E-state index is -1.40. The Kier molecular flexibility index (Phi) is 6.47. The van der Waals surface area contributed by atoms with Crippen LogP contribution in [-0.4, -0.2) is 52.5 Å². The lowest BCUT2D eigenvalue weighted by Crippen LogP contribution is -2.47. The first kappa shape index (κ1) is 17.5. The van der Waals surface area contributed by atoms with E-state index in [0.29, 0.717) is 0 Å². The Labute approximate surface area is 137 Å². The van der Waals surface area contributed by atoms with E-state index in [4.69, 9.17) is 4.43 Å². The molecule has 0 N–H and O–H groups in total. The fourth-order valence-electron chi connectivity index (χ4n) is 3.18. The predicted octanol–water partition coefficient (Wildman–Crippen LogP) is 3.75. The van der Waals surface area contributed by atoms with Gasteiger partial charge in [-0.15, -0.1) is 0 Å². The van der Waals surface area contributed by atoms with Crippen molar-refractivity contribution in [1.29, 1.82) is 0 Å². The molecule has 2 rings (SSSR count). The van der Waals surface area contributed by atoms with Crippen LogP contribution in [0.5, 0.6) is 0 Å². The molecule has 0 aliphatic carbocycles. The average molecular weight is 321 g/mol. The number of hydrogen-bond acceptors (Lipinski definition) is 3. The molecule has 0 atom stereocenters. The van der Waals surface area contributed by atoms with E-state index in [1.807, 2.05) is 0 Å². The first-order chi connectivity index (χ1) is 10.5. The topological polar surface area (TPSA) is 15.7 Å². The van der Waals surface area contributed by atoms with Crippen molar-refractivity contribution in [2.75, 3.05) is 44.2 Å². The molecular formula is C18H32N2OSi. The molecule has 3 nitrogen and oxygen atoms in total. The van der Waals surface area contributed by atoms with E-state index in [2.05, 4.69) is 61.0 Å². The molecule has 0 spiro atoms. The summed E-state index contributed by atoms with van der Waals surface area (Å²) in [7, 11) is -1.40. The van der Waals surface area contributed by atoms with Gasteiger partial charge in [0.25, 0.3) is 0 Å². The number of aryl methyl sites for hydroxylation is 1. The largest absolute Gasteiger partial charge is 0.418 e. The van der Waals surface area contributed by atoms with E-state index in [1.165, 1.54) is 43.4 Å². The Bertz CT molecular complexity index is 439. The van der Waals surface area contributed by atoms with Crippen LogP contribution in [0.3, 0.4) is 0 Å². The summed E-state index contributed by atoms with van der Waals surface area (Å²) in [5, 5.41) is 0. The first-order valence-electron chi connectivity index (χ1n) is 8.68. The summed E-state index contributed by atoms with van der Waals surface area (Å²) in [6.07, 6.45) is 1.28. The van der Waals surface area contributed by atoms with E-state index in [1.54, 1.807) is 0 Å². The smallest absolute Gasteiger partial charge is 0.186 e. The monoisotopic (exact) mass is 320 g/mol. The lowest BCUT2D eigenvalue weighted by atomic mass is 10.2. The Hall–Kier alpha value is -0.843. The van der Waals surface area contributed by atoms with Gasteiger partial charge in [0.05, 0.1) is 0 Å². The van der Waals surface area contributed by atoms with E-state index in [9.17, 15) is 0 Å². The third kappa shape index (κ3) is 5.41. The number of rotatable bonds is 7. The van der Waals surface area contributed by atoms with Crippen LogP contribution in [0.4, 0.5) is 5.69 Å². The Morgan fingerprint density at radius 2 is 1.68 bits per heavy atom. The molecule has 0 aromatic heterocycles. The lowest BCUT2D eigenvalue weighted by molar-refractivity contribution is 0.255. The molecule has 1 aromatic carbocycles. The molecule has 1 aromatic rings. The van der Waals surface area contributed by atoms with Crippen molar-refractivity contribution < 1.29 is 4.43 Å². The number of anilines is 1. The van der Waals surface area contributed by atoms with E-state index >= 15 is 0 Å². The third-order valence-corrected chi connectivity index (χ3v) is 7.19. The molecule has 0 bridgehead atoms. The van der Waals surface area contributed by atoms with Crippen molar-refractivity contribution in [3.63, 3.8) is 0 Å². The second kappa shape index (κ2) is 8.13. The zero-order chi connectivity index (χ0) is 16.0. The van der Waals surface area contributed by atoms with Gasteiger partial charge in [0.1, 0.15) is 0 Å². The molecule has 0 amide bonds. The number of hydrogen-bond donors (Lipinski definition) is 0. The molecule has 1 aliphatic heterocycles. The lowest BCUT2D eigenvalue weighted by Gasteiger charge is -2.36. The van der Waals surface area contributed by atoms with Gasteiger partial charge in [0.2, 0.25) is 0 Å². The van der Waals surface area contributed by atoms with Crippen molar-refractivity contribution in [3.05, 3.63) is 29.8 Å². The molecule has 1 saturated heterocycles. The molecular weight excluding hydrogens is 288 g/mol. The van der Waals surface area contributed by atoms with Gasteiger partial charge < -0.3 is 9.33 Å². The van der Waals surface area contributed by atoms with E-state index in [-0.39, 0.29) is 0 Å². The van der Waals surface area contributed by atoms with Crippen LogP contribution in [0.2, 0.25) is 19.1 Å². The summed E-state index contributed by atoms with van der Waals surface area (Å²) >= 11 is 0. The van der Waals surface area contributed by atoms with Crippen molar-refractivity contribution in [2.24, 2.45) is 0 Å². The average Bonchev–Trinajstić information content (AvgIpc) is 2.48. The molecule has 1 aliphatic rings. The highest BCUT2D eigenvalue weighted by molar-refractivity contribution is 6.71. The van der Waals surface area contributed by atoms with Crippen molar-refractivity contribution >= 4 is 14.0 Å². The van der Waals surface area contributed by atoms with Crippen LogP contribution in [0, 0.1) is 6.92 Å². The van der Waals surface area contributed by atoms with Gasteiger partial charge in [-0.2, -0.15) is 0 Å². The Balaban J connectivity index is 1.70. The minimum absolute atomic E-state index is 0.869. The molecule has 4 heteroatoms. The van der Waals surface area contributed by atoms with Crippen LogP contribution < -0.4 is 4.90 Å². The summed E-state index contributed by atoms with van der Waals surface area (Å²) < 4.78 is 5.92. The molecule has 0 saturated carbocycles. The Morgan fingerprint density at radius 3 is 2.27 bits per heavy atom. The van der Waals surface area contributed by atoms with Crippen molar-refractivity contribution in [2.45, 2.75) is 39.4 Å². The highest BCUT2D eigenvalue weighted by atomic mass is 28.4. The summed E-state index contributed by atoms with van der Waals surface area (Å²) in [5.74, 6) is 0. The highest BCUT2D eigenvalue weighted by Crippen LogP contribution is 2.18. The number of benzene rings is 1. The molecule has 1 heterocycles. The van der Waals surface area contributed by atoms with E-state index < -0.39 is 8.32 Å². The zero-order valence-electron chi connectivity index (χ0n) is 14.8. The summed E-state index contributed by atoms with van der Waals surface area (Å²) in [6.45, 7) is 15.7. The fraction of sp³-hybridized carbons (Fsp3) is 0.667. The first-order valence-corrected chi connectivity index (χ1v) is 11.8. The third-order valence-electron chi connectivity index (χ3n) is 4.56. The van der Waals surface area contributed by atoms with Gasteiger partial charge >= 0.3 is 0 Å². The number of nitrogens with zero attached hydrogens (tertiary/aromatic N) is 2. The number of piperazine rings is 1. The Morgan fingerprint density at radius 1 is 1.05 bits per heavy atom. The van der Waals surface area contributed by atoms with Gasteiger partial charge in [-0.1, -0.05) is 17.7 Å². The molecule has 22 heavy (non-hydrogen) atoms. The molecule has 0 unspecified atom stereocenters. The predicted molar refractivity (Wildman–Crippen MR) is 98.4 cm³/mol. The van der Waals surface area contributed by atoms with Crippen LogP contribution in [-0.2, 0) is 4.43 Å². The zero-order valence-corrected chi connectivity index (χ0v) is 15.8. The quantitative estimate of drug-likeness (QED) is 0.712. The van der Waals surface area contributed by atoms with Gasteiger partial charge in [-0.05, 0) is 58.1 Å². The minimum Gasteiger partial charge on any atom is -0.418 e. The van der Waals surface area contributed by atoms with Crippen molar-refractivity contribution in [3.8, 4) is 0 Å². The highest BCUT2D eigenvalue weighted by Gasteiger charge is 2.22. The molecule has 1 fully saturated rings. The van der Waals surface area contributed by atoms with Crippen LogP contribution in [0.25, 0.3) is 0 Å². The summed E-state index contributed by atoms with van der Waals surface area (Å²) in [5.41, 5.74) is 2.71. The second-order valence-electron chi connectivity index (χ2n) is 6.96. The maximum atomic E-state index is 5.92. The SMILES string of the molecule is CCO[Si](C)(C)CCCN1CCN(c2ccc(C)cc2)CC1. The second-order valence-corrected chi connectivity index (χ2v) is 11.3. The van der Waals surface area contributed by atoms with Crippen LogP contribution >= 0.6 is 0 Å². The summed E-state index contributed by atoms with van der Waals surface area (Å²) in [4.78, 5) is 5.12. The van der Waals surface area contributed by atoms with Crippen LogP contribution in [0.15, 0.2) is 24.3 Å². The molecule has 0 radical (unpaired) electrons. The van der Waals surface area contributed by atoms with Gasteiger partial charge in [-0.3, -0.25) is 4.90 Å². The van der Waals surface area contributed by atoms with Crippen molar-refractivity contribution in [1.82, 2.24) is 4.90 Å². The van der Waals surface area contributed by atoms with Gasteiger partial charge in [0, 0.05) is 38.5 Å². The summed E-state index contributed by atoms with van der Waals surface area (Å²) in [6, 6.07) is 10.2. The molecule has 124 valence electrons. The maximum absolute atomic E-state index is 5.92. The standard InChI is InChI=1S/C18H32N2OSi/c1-5-21-22(3,4)16-6-11-19-12-14-20(15-13-19)18-9-7-17(2)8-10-18/h7-10H,5-6,11-16H2,1-4H3. The maximum Gasteiger partial charge on any atom is 0.186 e. The normalized spacial score (nSPS) is 17.0. The van der Waals surface area contributed by atoms with E-state index in [0.717, 1.165) is 19.7 Å². The van der Waals surface area contributed by atoms with Crippen LogP contribution in [0.1, 0.15) is 18.9 Å². The van der Waals surface area contributed by atoms with Gasteiger partial charge in [-0.25, -0.2) is 0 Å².